The quantitative estimate of drug-likeness (QED) is 0.341. The Bertz CT molecular complexity index is 1320. The first kappa shape index (κ1) is 31.2. The van der Waals surface area contributed by atoms with Gasteiger partial charge in [-0.2, -0.15) is 18.3 Å². The van der Waals surface area contributed by atoms with E-state index in [0.717, 1.165) is 10.9 Å². The van der Waals surface area contributed by atoms with Crippen LogP contribution in [0.2, 0.25) is 10.0 Å². The van der Waals surface area contributed by atoms with Crippen molar-refractivity contribution in [3.8, 4) is 0 Å². The fraction of sp³-hybridized carbons (Fsp3) is 0.593. The van der Waals surface area contributed by atoms with E-state index >= 15 is 0 Å². The number of hydrogen-bond acceptors (Lipinski definition) is 6. The molecule has 1 aliphatic heterocycles. The minimum Gasteiger partial charge on any atom is -0.481 e. The van der Waals surface area contributed by atoms with Crippen LogP contribution in [0.3, 0.4) is 0 Å². The zero-order valence-corrected chi connectivity index (χ0v) is 24.2. The third-order valence-electron chi connectivity index (χ3n) is 8.03. The first-order valence-electron chi connectivity index (χ1n) is 13.2. The van der Waals surface area contributed by atoms with E-state index in [1.165, 1.54) is 12.4 Å². The number of aliphatic carboxylic acids is 1. The molecule has 2 atom stereocenters. The molecule has 0 aromatic carbocycles. The van der Waals surface area contributed by atoms with Gasteiger partial charge in [-0.1, -0.05) is 23.2 Å². The predicted octanol–water partition coefficient (Wildman–Crippen LogP) is 6.14. The molecule has 1 unspecified atom stereocenters. The molecule has 41 heavy (non-hydrogen) atoms. The number of carbonyl (C=O) groups is 3. The smallest absolute Gasteiger partial charge is 0.433 e. The van der Waals surface area contributed by atoms with E-state index in [9.17, 15) is 32.7 Å². The van der Waals surface area contributed by atoms with Crippen LogP contribution in [0, 0.1) is 5.41 Å². The van der Waals surface area contributed by atoms with Gasteiger partial charge in [-0.05, 0) is 59.3 Å². The molecule has 2 fully saturated rings. The minimum absolute atomic E-state index is 0.00528. The summed E-state index contributed by atoms with van der Waals surface area (Å²) in [4.78, 5) is 42.1. The SMILES string of the molecule is CC1(C)CC[C@@H](C(CC(=O)c2c(Cl)cncc2Cl)NC(=O)c2cnn(C3CCC(C)(C(=O)O)CC3)c2C(F)(F)F)O1. The number of ketones is 1. The molecular formula is C27H31Cl2F3N4O5. The number of rotatable bonds is 8. The van der Waals surface area contributed by atoms with E-state index < -0.39 is 64.3 Å². The molecule has 1 saturated heterocycles. The summed E-state index contributed by atoms with van der Waals surface area (Å²) in [6.07, 6.45) is -0.837. The number of pyridine rings is 1. The van der Waals surface area contributed by atoms with Crippen molar-refractivity contribution in [2.75, 3.05) is 0 Å². The highest BCUT2D eigenvalue weighted by molar-refractivity contribution is 6.39. The van der Waals surface area contributed by atoms with Gasteiger partial charge in [0.05, 0.1) is 56.6 Å². The van der Waals surface area contributed by atoms with E-state index in [2.05, 4.69) is 15.4 Å². The first-order chi connectivity index (χ1) is 19.0. The third kappa shape index (κ3) is 6.70. The van der Waals surface area contributed by atoms with Crippen molar-refractivity contribution in [3.63, 3.8) is 0 Å². The molecule has 1 saturated carbocycles. The summed E-state index contributed by atoms with van der Waals surface area (Å²) in [6.45, 7) is 5.25. The zero-order chi connectivity index (χ0) is 30.3. The summed E-state index contributed by atoms with van der Waals surface area (Å²) >= 11 is 12.3. The average Bonchev–Trinajstić information content (AvgIpc) is 3.47. The molecule has 1 amide bonds. The molecular weight excluding hydrogens is 588 g/mol. The number of alkyl halides is 3. The number of carboxylic acid groups (broad SMARTS) is 1. The highest BCUT2D eigenvalue weighted by Crippen LogP contribution is 2.43. The molecule has 2 N–H and O–H groups in total. The maximum Gasteiger partial charge on any atom is 0.433 e. The number of amides is 1. The number of aromatic nitrogens is 3. The van der Waals surface area contributed by atoms with Crippen molar-refractivity contribution in [2.45, 2.75) is 95.7 Å². The predicted molar refractivity (Wildman–Crippen MR) is 143 cm³/mol. The van der Waals surface area contributed by atoms with Gasteiger partial charge >= 0.3 is 12.1 Å². The van der Waals surface area contributed by atoms with Gasteiger partial charge < -0.3 is 15.2 Å². The van der Waals surface area contributed by atoms with Crippen LogP contribution in [0.15, 0.2) is 18.6 Å². The van der Waals surface area contributed by atoms with Crippen molar-refractivity contribution in [1.29, 1.82) is 0 Å². The summed E-state index contributed by atoms with van der Waals surface area (Å²) in [5, 5.41) is 16.0. The molecule has 4 rings (SSSR count). The van der Waals surface area contributed by atoms with Crippen molar-refractivity contribution >= 4 is 40.9 Å². The van der Waals surface area contributed by atoms with Gasteiger partial charge in [-0.15, -0.1) is 0 Å². The van der Waals surface area contributed by atoms with Crippen LogP contribution in [0.25, 0.3) is 0 Å². The fourth-order valence-corrected chi connectivity index (χ4v) is 6.16. The summed E-state index contributed by atoms with van der Waals surface area (Å²) in [5.41, 5.74) is -3.52. The zero-order valence-electron chi connectivity index (χ0n) is 22.7. The third-order valence-corrected chi connectivity index (χ3v) is 8.61. The highest BCUT2D eigenvalue weighted by atomic mass is 35.5. The Morgan fingerprint density at radius 3 is 2.22 bits per heavy atom. The van der Waals surface area contributed by atoms with Crippen LogP contribution < -0.4 is 5.32 Å². The van der Waals surface area contributed by atoms with Crippen molar-refractivity contribution in [3.05, 3.63) is 45.5 Å². The molecule has 2 aliphatic rings. The lowest BCUT2D eigenvalue weighted by atomic mass is 9.74. The van der Waals surface area contributed by atoms with Gasteiger partial charge in [-0.3, -0.25) is 24.0 Å². The number of nitrogens with zero attached hydrogens (tertiary/aromatic N) is 3. The Hall–Kier alpha value is -2.70. The van der Waals surface area contributed by atoms with E-state index in [1.807, 2.05) is 13.8 Å². The largest absolute Gasteiger partial charge is 0.481 e. The van der Waals surface area contributed by atoms with E-state index in [-0.39, 0.29) is 47.7 Å². The Kier molecular flexibility index (Phi) is 8.78. The normalized spacial score (nSPS) is 25.1. The number of halogens is 5. The molecule has 9 nitrogen and oxygen atoms in total. The Morgan fingerprint density at radius 2 is 1.71 bits per heavy atom. The summed E-state index contributed by atoms with van der Waals surface area (Å²) in [5.74, 6) is -2.59. The number of Topliss-reactive ketones (excluding diaryl/α,β-unsaturated/α-hetero) is 1. The molecule has 3 heterocycles. The number of carboxylic acids is 1. The van der Waals surface area contributed by atoms with Crippen LogP contribution in [0.1, 0.15) is 98.2 Å². The number of ether oxygens (including phenoxy) is 1. The second kappa shape index (κ2) is 11.5. The van der Waals surface area contributed by atoms with Crippen LogP contribution in [-0.2, 0) is 15.7 Å². The molecule has 2 aromatic heterocycles. The number of nitrogens with one attached hydrogen (secondary N) is 1. The number of hydrogen-bond donors (Lipinski definition) is 2. The molecule has 2 aromatic rings. The first-order valence-corrected chi connectivity index (χ1v) is 14.0. The second-order valence-electron chi connectivity index (χ2n) is 11.6. The Morgan fingerprint density at radius 1 is 1.10 bits per heavy atom. The topological polar surface area (TPSA) is 123 Å². The monoisotopic (exact) mass is 618 g/mol. The second-order valence-corrected chi connectivity index (χ2v) is 12.4. The Balaban J connectivity index is 1.62. The molecule has 224 valence electrons. The molecule has 0 radical (unpaired) electrons. The van der Waals surface area contributed by atoms with Gasteiger partial charge in [0, 0.05) is 18.8 Å². The van der Waals surface area contributed by atoms with E-state index in [4.69, 9.17) is 27.9 Å². The minimum atomic E-state index is -4.92. The molecule has 1 aliphatic carbocycles. The fourth-order valence-electron chi connectivity index (χ4n) is 5.59. The number of carbonyl (C=O) groups excluding carboxylic acids is 2. The van der Waals surface area contributed by atoms with Gasteiger partial charge in [0.2, 0.25) is 0 Å². The Labute approximate surface area is 244 Å². The maximum atomic E-state index is 14.3. The van der Waals surface area contributed by atoms with Gasteiger partial charge in [-0.25, -0.2) is 0 Å². The van der Waals surface area contributed by atoms with Crippen LogP contribution in [0.5, 0.6) is 0 Å². The summed E-state index contributed by atoms with van der Waals surface area (Å²) < 4.78 is 49.9. The lowest BCUT2D eigenvalue weighted by molar-refractivity contribution is -0.152. The van der Waals surface area contributed by atoms with Gasteiger partial charge in [0.1, 0.15) is 0 Å². The summed E-state index contributed by atoms with van der Waals surface area (Å²) in [7, 11) is 0. The lowest BCUT2D eigenvalue weighted by Crippen LogP contribution is -2.45. The van der Waals surface area contributed by atoms with Gasteiger partial charge in [0.15, 0.2) is 11.5 Å². The van der Waals surface area contributed by atoms with E-state index in [1.54, 1.807) is 6.92 Å². The standard InChI is InChI=1S/C27H31Cl2F3N4O5/c1-25(2)7-6-20(41-25)18(10-19(37)21-16(28)12-33-13-17(21)29)35-23(38)15-11-34-36(22(15)27(30,31)32)14-4-8-26(3,9-5-14)24(39)40/h11-14,18,20H,4-10H2,1-3H3,(H,35,38)(H,39,40)/t14?,18?,20-,26?/m0/s1. The van der Waals surface area contributed by atoms with Crippen molar-refractivity contribution in [2.24, 2.45) is 5.41 Å². The molecule has 0 spiro atoms. The molecule has 0 bridgehead atoms. The van der Waals surface area contributed by atoms with Crippen molar-refractivity contribution in [1.82, 2.24) is 20.1 Å². The van der Waals surface area contributed by atoms with Crippen LogP contribution >= 0.6 is 23.2 Å². The lowest BCUT2D eigenvalue weighted by Gasteiger charge is -2.34. The van der Waals surface area contributed by atoms with E-state index in [0.29, 0.717) is 12.8 Å². The van der Waals surface area contributed by atoms with Crippen LogP contribution in [-0.4, -0.2) is 55.3 Å². The summed E-state index contributed by atoms with van der Waals surface area (Å²) in [6, 6.07) is -1.72. The van der Waals surface area contributed by atoms with Crippen molar-refractivity contribution < 1.29 is 37.4 Å². The molecule has 14 heteroatoms. The van der Waals surface area contributed by atoms with Crippen LogP contribution in [0.4, 0.5) is 13.2 Å². The maximum absolute atomic E-state index is 14.3. The average molecular weight is 619 g/mol. The van der Waals surface area contributed by atoms with Gasteiger partial charge in [0.25, 0.3) is 5.91 Å². The highest BCUT2D eigenvalue weighted by Gasteiger charge is 2.45.